The van der Waals surface area contributed by atoms with Crippen LogP contribution in [0.2, 0.25) is 0 Å². The van der Waals surface area contributed by atoms with Crippen molar-refractivity contribution in [2.75, 3.05) is 6.54 Å². The lowest BCUT2D eigenvalue weighted by Crippen LogP contribution is -2.42. The van der Waals surface area contributed by atoms with E-state index in [-0.39, 0.29) is 5.91 Å². The summed E-state index contributed by atoms with van der Waals surface area (Å²) in [5, 5.41) is 20.7. The monoisotopic (exact) mass is 266 g/mol. The molecule has 0 spiro atoms. The van der Waals surface area contributed by atoms with Gasteiger partial charge in [-0.2, -0.15) is 0 Å². The molecule has 1 fully saturated rings. The SMILES string of the molecule is O=C(CCn1ccnn1)NCC1(O)CCCCCC1. The van der Waals surface area contributed by atoms with E-state index in [0.717, 1.165) is 25.7 Å². The molecule has 6 nitrogen and oxygen atoms in total. The molecule has 1 aliphatic carbocycles. The molecule has 1 amide bonds. The Morgan fingerprint density at radius 2 is 2.05 bits per heavy atom. The highest BCUT2D eigenvalue weighted by molar-refractivity contribution is 5.75. The maximum atomic E-state index is 11.7. The van der Waals surface area contributed by atoms with Crippen molar-refractivity contribution in [1.82, 2.24) is 20.3 Å². The van der Waals surface area contributed by atoms with Crippen LogP contribution in [0.15, 0.2) is 12.4 Å². The fourth-order valence-electron chi connectivity index (χ4n) is 2.48. The Morgan fingerprint density at radius 3 is 2.68 bits per heavy atom. The molecule has 1 aliphatic rings. The molecule has 19 heavy (non-hydrogen) atoms. The molecule has 0 radical (unpaired) electrons. The lowest BCUT2D eigenvalue weighted by molar-refractivity contribution is -0.122. The maximum Gasteiger partial charge on any atom is 0.221 e. The van der Waals surface area contributed by atoms with Crippen molar-refractivity contribution >= 4 is 5.91 Å². The van der Waals surface area contributed by atoms with Gasteiger partial charge in [0.05, 0.1) is 18.3 Å². The number of aliphatic hydroxyl groups is 1. The number of carbonyl (C=O) groups excluding carboxylic acids is 1. The summed E-state index contributed by atoms with van der Waals surface area (Å²) in [5.41, 5.74) is -0.709. The third-order valence-electron chi connectivity index (χ3n) is 3.69. The van der Waals surface area contributed by atoms with Crippen LogP contribution in [0.3, 0.4) is 0 Å². The average molecular weight is 266 g/mol. The number of hydrogen-bond donors (Lipinski definition) is 2. The van der Waals surface area contributed by atoms with Crippen molar-refractivity contribution in [2.24, 2.45) is 0 Å². The molecule has 1 aromatic rings. The van der Waals surface area contributed by atoms with Gasteiger partial charge in [-0.1, -0.05) is 30.9 Å². The van der Waals surface area contributed by atoms with Gasteiger partial charge < -0.3 is 10.4 Å². The minimum absolute atomic E-state index is 0.0480. The van der Waals surface area contributed by atoms with E-state index in [0.29, 0.717) is 19.5 Å². The van der Waals surface area contributed by atoms with Crippen LogP contribution >= 0.6 is 0 Å². The molecule has 0 bridgehead atoms. The Labute approximate surface area is 113 Å². The van der Waals surface area contributed by atoms with Crippen LogP contribution in [0.25, 0.3) is 0 Å². The normalized spacial score (nSPS) is 18.8. The lowest BCUT2D eigenvalue weighted by Gasteiger charge is -2.26. The first-order valence-electron chi connectivity index (χ1n) is 7.01. The van der Waals surface area contributed by atoms with Gasteiger partial charge in [-0.15, -0.1) is 5.10 Å². The Balaban J connectivity index is 1.70. The number of rotatable bonds is 5. The molecule has 0 saturated heterocycles. The second-order valence-electron chi connectivity index (χ2n) is 5.33. The summed E-state index contributed by atoms with van der Waals surface area (Å²) in [4.78, 5) is 11.7. The summed E-state index contributed by atoms with van der Waals surface area (Å²) in [6, 6.07) is 0. The molecule has 0 unspecified atom stereocenters. The van der Waals surface area contributed by atoms with E-state index < -0.39 is 5.60 Å². The van der Waals surface area contributed by atoms with Crippen molar-refractivity contribution in [3.8, 4) is 0 Å². The van der Waals surface area contributed by atoms with Crippen molar-refractivity contribution in [3.05, 3.63) is 12.4 Å². The molecule has 0 aromatic carbocycles. The van der Waals surface area contributed by atoms with Gasteiger partial charge in [-0.05, 0) is 12.8 Å². The molecule has 1 heterocycles. The van der Waals surface area contributed by atoms with Gasteiger partial charge in [0.25, 0.3) is 0 Å². The maximum absolute atomic E-state index is 11.7. The molecular weight excluding hydrogens is 244 g/mol. The number of aromatic nitrogens is 3. The predicted molar refractivity (Wildman–Crippen MR) is 70.3 cm³/mol. The van der Waals surface area contributed by atoms with E-state index in [9.17, 15) is 9.90 Å². The zero-order valence-corrected chi connectivity index (χ0v) is 11.2. The van der Waals surface area contributed by atoms with Crippen LogP contribution in [0.5, 0.6) is 0 Å². The van der Waals surface area contributed by atoms with E-state index in [1.165, 1.54) is 12.8 Å². The van der Waals surface area contributed by atoms with Crippen LogP contribution in [0.1, 0.15) is 44.9 Å². The predicted octanol–water partition coefficient (Wildman–Crippen LogP) is 0.870. The Morgan fingerprint density at radius 1 is 1.32 bits per heavy atom. The highest BCUT2D eigenvalue weighted by atomic mass is 16.3. The minimum atomic E-state index is -0.709. The summed E-state index contributed by atoms with van der Waals surface area (Å²) in [6.45, 7) is 0.882. The molecular formula is C13H22N4O2. The summed E-state index contributed by atoms with van der Waals surface area (Å²) in [6.07, 6.45) is 9.71. The highest BCUT2D eigenvalue weighted by Gasteiger charge is 2.28. The number of amides is 1. The van der Waals surface area contributed by atoms with Crippen molar-refractivity contribution in [2.45, 2.75) is 57.1 Å². The zero-order chi connectivity index (χ0) is 13.6. The Hall–Kier alpha value is -1.43. The fourth-order valence-corrected chi connectivity index (χ4v) is 2.48. The quantitative estimate of drug-likeness (QED) is 0.775. The number of carbonyl (C=O) groups is 1. The van der Waals surface area contributed by atoms with E-state index in [1.54, 1.807) is 17.1 Å². The lowest BCUT2D eigenvalue weighted by atomic mass is 9.94. The summed E-state index contributed by atoms with van der Waals surface area (Å²) >= 11 is 0. The minimum Gasteiger partial charge on any atom is -0.388 e. The van der Waals surface area contributed by atoms with Gasteiger partial charge in [0, 0.05) is 19.2 Å². The Bertz CT molecular complexity index is 383. The molecule has 1 aromatic heterocycles. The van der Waals surface area contributed by atoms with E-state index in [1.807, 2.05) is 0 Å². The molecule has 1 saturated carbocycles. The first-order valence-corrected chi connectivity index (χ1v) is 7.01. The van der Waals surface area contributed by atoms with Crippen molar-refractivity contribution in [1.29, 1.82) is 0 Å². The van der Waals surface area contributed by atoms with Gasteiger partial charge in [-0.25, -0.2) is 0 Å². The zero-order valence-electron chi connectivity index (χ0n) is 11.2. The third kappa shape index (κ3) is 4.63. The first-order chi connectivity index (χ1) is 9.18. The van der Waals surface area contributed by atoms with Crippen LogP contribution in [0.4, 0.5) is 0 Å². The molecule has 0 aliphatic heterocycles. The van der Waals surface area contributed by atoms with Gasteiger partial charge >= 0.3 is 0 Å². The number of aryl methyl sites for hydroxylation is 1. The summed E-state index contributed by atoms with van der Waals surface area (Å²) in [5.74, 6) is -0.0480. The molecule has 2 rings (SSSR count). The van der Waals surface area contributed by atoms with Gasteiger partial charge in [0.1, 0.15) is 0 Å². The van der Waals surface area contributed by atoms with Crippen molar-refractivity contribution < 1.29 is 9.90 Å². The van der Waals surface area contributed by atoms with Crippen LogP contribution in [-0.2, 0) is 11.3 Å². The summed E-state index contributed by atoms with van der Waals surface area (Å²) < 4.78 is 1.62. The van der Waals surface area contributed by atoms with Gasteiger partial charge in [0.2, 0.25) is 5.91 Å². The fraction of sp³-hybridized carbons (Fsp3) is 0.769. The largest absolute Gasteiger partial charge is 0.388 e. The molecule has 106 valence electrons. The van der Waals surface area contributed by atoms with E-state index in [4.69, 9.17) is 0 Å². The van der Waals surface area contributed by atoms with Crippen LogP contribution < -0.4 is 5.32 Å². The number of nitrogens with one attached hydrogen (secondary N) is 1. The average Bonchev–Trinajstić information content (AvgIpc) is 2.83. The molecule has 6 heteroatoms. The number of hydrogen-bond acceptors (Lipinski definition) is 4. The van der Waals surface area contributed by atoms with Crippen LogP contribution in [0, 0.1) is 0 Å². The van der Waals surface area contributed by atoms with Crippen LogP contribution in [-0.4, -0.2) is 38.2 Å². The van der Waals surface area contributed by atoms with Crippen molar-refractivity contribution in [3.63, 3.8) is 0 Å². The third-order valence-corrected chi connectivity index (χ3v) is 3.69. The van der Waals surface area contributed by atoms with E-state index in [2.05, 4.69) is 15.6 Å². The molecule has 2 N–H and O–H groups in total. The Kier molecular flexibility index (Phi) is 4.90. The number of nitrogens with zero attached hydrogens (tertiary/aromatic N) is 3. The second kappa shape index (κ2) is 6.65. The second-order valence-corrected chi connectivity index (χ2v) is 5.33. The summed E-state index contributed by atoms with van der Waals surface area (Å²) in [7, 11) is 0. The molecule has 0 atom stereocenters. The standard InChI is InChI=1S/C13H22N4O2/c18-12(5-9-17-10-8-15-16-17)14-11-13(19)6-3-1-2-4-7-13/h8,10,19H,1-7,9,11H2,(H,14,18). The highest BCUT2D eigenvalue weighted by Crippen LogP contribution is 2.26. The smallest absolute Gasteiger partial charge is 0.221 e. The topological polar surface area (TPSA) is 80.0 Å². The van der Waals surface area contributed by atoms with Gasteiger partial charge in [0.15, 0.2) is 0 Å². The first kappa shape index (κ1) is 14.0. The van der Waals surface area contributed by atoms with E-state index >= 15 is 0 Å². The van der Waals surface area contributed by atoms with Gasteiger partial charge in [-0.3, -0.25) is 9.48 Å².